The average Bonchev–Trinajstić information content (AvgIpc) is 2.30. The SMILES string of the molecule is COCCCC(N)Cc1ccc(OC(F)(F)F)cc1. The van der Waals surface area contributed by atoms with Crippen LogP contribution >= 0.6 is 0 Å². The molecule has 3 nitrogen and oxygen atoms in total. The highest BCUT2D eigenvalue weighted by Crippen LogP contribution is 2.23. The number of benzene rings is 1. The van der Waals surface area contributed by atoms with Gasteiger partial charge in [0.25, 0.3) is 0 Å². The number of ether oxygens (including phenoxy) is 2. The fraction of sp³-hybridized carbons (Fsp3) is 0.538. The van der Waals surface area contributed by atoms with E-state index in [-0.39, 0.29) is 11.8 Å². The Morgan fingerprint density at radius 3 is 2.37 bits per heavy atom. The smallest absolute Gasteiger partial charge is 0.406 e. The summed E-state index contributed by atoms with van der Waals surface area (Å²) in [6.07, 6.45) is -2.35. The van der Waals surface area contributed by atoms with Crippen molar-refractivity contribution in [2.75, 3.05) is 13.7 Å². The van der Waals surface area contributed by atoms with Crippen molar-refractivity contribution >= 4 is 0 Å². The number of alkyl halides is 3. The van der Waals surface area contributed by atoms with Crippen LogP contribution in [0.4, 0.5) is 13.2 Å². The molecule has 0 saturated heterocycles. The molecule has 1 aromatic rings. The lowest BCUT2D eigenvalue weighted by atomic mass is 10.0. The molecule has 0 amide bonds. The van der Waals surface area contributed by atoms with Gasteiger partial charge in [0.05, 0.1) is 0 Å². The van der Waals surface area contributed by atoms with Gasteiger partial charge in [-0.2, -0.15) is 0 Å². The number of halogens is 3. The summed E-state index contributed by atoms with van der Waals surface area (Å²) >= 11 is 0. The summed E-state index contributed by atoms with van der Waals surface area (Å²) < 4.78 is 44.6. The van der Waals surface area contributed by atoms with Crippen LogP contribution in [-0.4, -0.2) is 26.1 Å². The molecule has 1 aromatic carbocycles. The van der Waals surface area contributed by atoms with E-state index in [1.54, 1.807) is 19.2 Å². The summed E-state index contributed by atoms with van der Waals surface area (Å²) in [4.78, 5) is 0. The van der Waals surface area contributed by atoms with Gasteiger partial charge in [0.2, 0.25) is 0 Å². The number of nitrogens with two attached hydrogens (primary N) is 1. The molecule has 1 atom stereocenters. The van der Waals surface area contributed by atoms with Gasteiger partial charge in [0, 0.05) is 19.8 Å². The topological polar surface area (TPSA) is 44.5 Å². The van der Waals surface area contributed by atoms with Crippen molar-refractivity contribution in [3.05, 3.63) is 29.8 Å². The van der Waals surface area contributed by atoms with Crippen LogP contribution in [0.5, 0.6) is 5.75 Å². The minimum Gasteiger partial charge on any atom is -0.406 e. The average molecular weight is 277 g/mol. The largest absolute Gasteiger partial charge is 0.573 e. The van der Waals surface area contributed by atoms with E-state index in [1.807, 2.05) is 0 Å². The maximum absolute atomic E-state index is 12.0. The normalized spacial score (nSPS) is 13.3. The maximum atomic E-state index is 12.0. The number of hydrogen-bond donors (Lipinski definition) is 1. The number of methoxy groups -OCH3 is 1. The zero-order valence-electron chi connectivity index (χ0n) is 10.7. The van der Waals surface area contributed by atoms with E-state index in [0.717, 1.165) is 18.4 Å². The van der Waals surface area contributed by atoms with Gasteiger partial charge in [-0.1, -0.05) is 12.1 Å². The van der Waals surface area contributed by atoms with Gasteiger partial charge in [-0.15, -0.1) is 13.2 Å². The lowest BCUT2D eigenvalue weighted by molar-refractivity contribution is -0.274. The van der Waals surface area contributed by atoms with Gasteiger partial charge in [-0.25, -0.2) is 0 Å². The fourth-order valence-corrected chi connectivity index (χ4v) is 1.72. The fourth-order valence-electron chi connectivity index (χ4n) is 1.72. The lowest BCUT2D eigenvalue weighted by Crippen LogP contribution is -2.23. The first kappa shape index (κ1) is 15.8. The standard InChI is InChI=1S/C13H18F3NO2/c1-18-8-2-3-11(17)9-10-4-6-12(7-5-10)19-13(14,15)16/h4-7,11H,2-3,8-9,17H2,1H3. The minimum absolute atomic E-state index is 0.0236. The molecule has 0 radical (unpaired) electrons. The third kappa shape index (κ3) is 7.03. The van der Waals surface area contributed by atoms with E-state index >= 15 is 0 Å². The van der Waals surface area contributed by atoms with Crippen molar-refractivity contribution in [1.82, 2.24) is 0 Å². The molecular weight excluding hydrogens is 259 g/mol. The molecule has 0 aliphatic rings. The molecule has 108 valence electrons. The molecule has 0 spiro atoms. The molecule has 0 fully saturated rings. The highest BCUT2D eigenvalue weighted by Gasteiger charge is 2.30. The summed E-state index contributed by atoms with van der Waals surface area (Å²) in [7, 11) is 1.63. The predicted molar refractivity (Wildman–Crippen MR) is 65.9 cm³/mol. The molecule has 0 aliphatic heterocycles. The van der Waals surface area contributed by atoms with E-state index in [2.05, 4.69) is 4.74 Å². The zero-order chi connectivity index (χ0) is 14.3. The zero-order valence-corrected chi connectivity index (χ0v) is 10.7. The molecule has 0 aromatic heterocycles. The summed E-state index contributed by atoms with van der Waals surface area (Å²) in [5.74, 6) is -0.218. The van der Waals surface area contributed by atoms with Crippen LogP contribution in [0.2, 0.25) is 0 Å². The number of rotatable bonds is 7. The van der Waals surface area contributed by atoms with Crippen LogP contribution in [0.15, 0.2) is 24.3 Å². The van der Waals surface area contributed by atoms with Gasteiger partial charge in [-0.05, 0) is 37.0 Å². The van der Waals surface area contributed by atoms with E-state index in [9.17, 15) is 13.2 Å². The van der Waals surface area contributed by atoms with Gasteiger partial charge in [-0.3, -0.25) is 0 Å². The molecule has 0 saturated carbocycles. The maximum Gasteiger partial charge on any atom is 0.573 e. The van der Waals surface area contributed by atoms with Gasteiger partial charge >= 0.3 is 6.36 Å². The van der Waals surface area contributed by atoms with Crippen LogP contribution in [0, 0.1) is 0 Å². The van der Waals surface area contributed by atoms with Gasteiger partial charge in [0.15, 0.2) is 0 Å². The molecule has 1 unspecified atom stereocenters. The van der Waals surface area contributed by atoms with E-state index in [0.29, 0.717) is 13.0 Å². The Morgan fingerprint density at radius 1 is 1.21 bits per heavy atom. The Bertz CT molecular complexity index is 365. The van der Waals surface area contributed by atoms with E-state index in [4.69, 9.17) is 10.5 Å². The van der Waals surface area contributed by atoms with Gasteiger partial charge < -0.3 is 15.2 Å². The molecule has 19 heavy (non-hydrogen) atoms. The van der Waals surface area contributed by atoms with Crippen LogP contribution in [0.3, 0.4) is 0 Å². The van der Waals surface area contributed by atoms with Crippen LogP contribution in [-0.2, 0) is 11.2 Å². The molecule has 0 bridgehead atoms. The molecule has 1 rings (SSSR count). The summed E-state index contributed by atoms with van der Waals surface area (Å²) in [5.41, 5.74) is 6.81. The Labute approximate surface area is 110 Å². The molecule has 2 N–H and O–H groups in total. The van der Waals surface area contributed by atoms with Crippen molar-refractivity contribution < 1.29 is 22.6 Å². The highest BCUT2D eigenvalue weighted by molar-refractivity contribution is 5.27. The second-order valence-electron chi connectivity index (χ2n) is 4.29. The van der Waals surface area contributed by atoms with E-state index in [1.165, 1.54) is 12.1 Å². The van der Waals surface area contributed by atoms with Crippen LogP contribution in [0.25, 0.3) is 0 Å². The Balaban J connectivity index is 2.43. The van der Waals surface area contributed by atoms with Crippen molar-refractivity contribution in [1.29, 1.82) is 0 Å². The third-order valence-electron chi connectivity index (χ3n) is 2.58. The third-order valence-corrected chi connectivity index (χ3v) is 2.58. The quantitative estimate of drug-likeness (QED) is 0.779. The number of hydrogen-bond acceptors (Lipinski definition) is 3. The van der Waals surface area contributed by atoms with E-state index < -0.39 is 6.36 Å². The molecule has 0 heterocycles. The van der Waals surface area contributed by atoms with Crippen molar-refractivity contribution in [2.24, 2.45) is 5.73 Å². The Morgan fingerprint density at radius 2 is 1.84 bits per heavy atom. The minimum atomic E-state index is -4.65. The summed E-state index contributed by atoms with van der Waals surface area (Å²) in [5, 5.41) is 0. The highest BCUT2D eigenvalue weighted by atomic mass is 19.4. The second kappa shape index (κ2) is 7.35. The van der Waals surface area contributed by atoms with Gasteiger partial charge in [0.1, 0.15) is 5.75 Å². The summed E-state index contributed by atoms with van der Waals surface area (Å²) in [6, 6.07) is 5.76. The van der Waals surface area contributed by atoms with Crippen LogP contribution < -0.4 is 10.5 Å². The molecule has 0 aliphatic carbocycles. The van der Waals surface area contributed by atoms with Crippen molar-refractivity contribution in [2.45, 2.75) is 31.7 Å². The molecule has 6 heteroatoms. The first-order chi connectivity index (χ1) is 8.90. The Hall–Kier alpha value is -1.27. The Kier molecular flexibility index (Phi) is 6.11. The first-order valence-corrected chi connectivity index (χ1v) is 6.00. The van der Waals surface area contributed by atoms with Crippen molar-refractivity contribution in [3.63, 3.8) is 0 Å². The van der Waals surface area contributed by atoms with Crippen molar-refractivity contribution in [3.8, 4) is 5.75 Å². The molecular formula is C13H18F3NO2. The summed E-state index contributed by atoms with van der Waals surface area (Å²) in [6.45, 7) is 0.659. The monoisotopic (exact) mass is 277 g/mol. The van der Waals surface area contributed by atoms with Crippen LogP contribution in [0.1, 0.15) is 18.4 Å². The first-order valence-electron chi connectivity index (χ1n) is 6.00. The second-order valence-corrected chi connectivity index (χ2v) is 4.29. The predicted octanol–water partition coefficient (Wildman–Crippen LogP) is 2.88. The lowest BCUT2D eigenvalue weighted by Gasteiger charge is -2.12.